The lowest BCUT2D eigenvalue weighted by Crippen LogP contribution is -2.31. The Morgan fingerprint density at radius 3 is 1.11 bits per heavy atom. The van der Waals surface area contributed by atoms with Gasteiger partial charge in [-0.3, -0.25) is 19.2 Å². The van der Waals surface area contributed by atoms with Crippen LogP contribution in [-0.4, -0.2) is 68.4 Å². The van der Waals surface area contributed by atoms with Gasteiger partial charge in [-0.1, -0.05) is 168 Å². The van der Waals surface area contributed by atoms with Gasteiger partial charge in [0.15, 0.2) is 6.10 Å². The Hall–Kier alpha value is -1.97. The Morgan fingerprint density at radius 2 is 0.769 bits per heavy atom. The summed E-state index contributed by atoms with van der Waals surface area (Å²) in [6.07, 6.45) is 29.3. The fourth-order valence-electron chi connectivity index (χ4n) is 7.12. The Labute approximate surface area is 431 Å². The van der Waals surface area contributed by atoms with Crippen LogP contribution in [-0.2, 0) is 42.9 Å². The second-order valence-electron chi connectivity index (χ2n) is 16.8. The zero-order chi connectivity index (χ0) is 48.1. The molecule has 0 fully saturated rings. The highest BCUT2D eigenvalue weighted by atomic mass is 127. The van der Waals surface area contributed by atoms with Crippen LogP contribution >= 0.6 is 67.8 Å². The fraction of sp³-hybridized carbons (Fsp3) is 0.755. The summed E-state index contributed by atoms with van der Waals surface area (Å²) in [7, 11) is 0. The quantitative estimate of drug-likeness (QED) is 0.0278. The van der Waals surface area contributed by atoms with Crippen molar-refractivity contribution in [3.8, 4) is 0 Å². The maximum absolute atomic E-state index is 13.3. The first kappa shape index (κ1) is 61.0. The van der Waals surface area contributed by atoms with E-state index < -0.39 is 30.2 Å². The topological polar surface area (TPSA) is 173 Å². The summed E-state index contributed by atoms with van der Waals surface area (Å²) in [5.41, 5.74) is 0.801. The fourth-order valence-corrected chi connectivity index (χ4v) is 11.3. The van der Waals surface area contributed by atoms with E-state index in [2.05, 4.69) is 24.5 Å². The average molecular weight is 1250 g/mol. The minimum Gasteiger partial charge on any atom is -0.462 e. The van der Waals surface area contributed by atoms with Crippen molar-refractivity contribution in [2.24, 2.45) is 0 Å². The van der Waals surface area contributed by atoms with Gasteiger partial charge < -0.3 is 34.3 Å². The highest BCUT2D eigenvalue weighted by Crippen LogP contribution is 2.39. The third-order valence-corrected chi connectivity index (χ3v) is 14.0. The molecule has 2 N–H and O–H groups in total. The number of unbranched alkanes of at least 4 members (excludes halogenated alkanes) is 24. The number of ether oxygens (including phenoxy) is 5. The molecule has 0 aliphatic carbocycles. The maximum atomic E-state index is 13.3. The van der Waals surface area contributed by atoms with Gasteiger partial charge in [0.2, 0.25) is 11.8 Å². The number of rotatable bonds is 39. The van der Waals surface area contributed by atoms with Crippen LogP contribution in [0.3, 0.4) is 0 Å². The number of benzene rings is 1. The Bertz CT molecular complexity index is 1460. The number of amides is 2. The lowest BCUT2D eigenvalue weighted by atomic mass is 10.0. The molecule has 16 heteroatoms. The largest absolute Gasteiger partial charge is 0.508 e. The van der Waals surface area contributed by atoms with E-state index in [4.69, 9.17) is 23.7 Å². The van der Waals surface area contributed by atoms with Gasteiger partial charge in [-0.05, 0) is 80.6 Å². The summed E-state index contributed by atoms with van der Waals surface area (Å²) in [4.78, 5) is 75.2. The van der Waals surface area contributed by atoms with Crippen molar-refractivity contribution in [3.05, 3.63) is 16.3 Å². The van der Waals surface area contributed by atoms with Gasteiger partial charge in [0, 0.05) is 26.7 Å². The van der Waals surface area contributed by atoms with Gasteiger partial charge in [0.05, 0.1) is 27.6 Å². The summed E-state index contributed by atoms with van der Waals surface area (Å²) >= 11 is 5.84. The number of anilines is 2. The highest BCUT2D eigenvalue weighted by molar-refractivity contribution is 14.1. The van der Waals surface area contributed by atoms with Gasteiger partial charge in [-0.2, -0.15) is 0 Å². The lowest BCUT2D eigenvalue weighted by molar-refractivity contribution is -0.153. The van der Waals surface area contributed by atoms with Crippen molar-refractivity contribution in [1.29, 1.82) is 0 Å². The minimum absolute atomic E-state index is 0.114. The molecule has 372 valence electrons. The number of carbonyl (C=O) groups excluding carboxylic acids is 6. The van der Waals surface area contributed by atoms with Crippen LogP contribution in [0.15, 0.2) is 0 Å². The molecule has 0 saturated heterocycles. The first-order chi connectivity index (χ1) is 31.3. The van der Waals surface area contributed by atoms with Crippen LogP contribution in [0, 0.1) is 10.7 Å². The molecule has 1 aromatic carbocycles. The molecule has 0 atom stereocenters. The van der Waals surface area contributed by atoms with E-state index in [9.17, 15) is 28.8 Å². The molecule has 0 heterocycles. The summed E-state index contributed by atoms with van der Waals surface area (Å²) in [5, 5.41) is 5.41. The Balaban J connectivity index is 2.63. The first-order valence-corrected chi connectivity index (χ1v) is 27.6. The maximum Gasteiger partial charge on any atom is 0.508 e. The van der Waals surface area contributed by atoms with Crippen molar-refractivity contribution in [2.45, 2.75) is 214 Å². The van der Waals surface area contributed by atoms with Crippen LogP contribution in [0.5, 0.6) is 0 Å². The second-order valence-corrected chi connectivity index (χ2v) is 20.0. The normalized spacial score (nSPS) is 11.0. The van der Waals surface area contributed by atoms with E-state index in [-0.39, 0.29) is 56.6 Å². The number of hydrogen-bond acceptors (Lipinski definition) is 11. The molecule has 0 unspecified atom stereocenters. The smallest absolute Gasteiger partial charge is 0.462 e. The molecule has 13 nitrogen and oxygen atoms in total. The van der Waals surface area contributed by atoms with Gasteiger partial charge in [-0.25, -0.2) is 9.59 Å². The zero-order valence-electron chi connectivity index (χ0n) is 39.8. The summed E-state index contributed by atoms with van der Waals surface area (Å²) in [5.74, 6) is -2.36. The molecule has 0 aromatic heterocycles. The molecule has 0 aliphatic heterocycles. The average Bonchev–Trinajstić information content (AvgIpc) is 3.26. The van der Waals surface area contributed by atoms with E-state index in [0.717, 1.165) is 38.5 Å². The Kier molecular flexibility index (Phi) is 37.5. The van der Waals surface area contributed by atoms with E-state index in [0.29, 0.717) is 34.9 Å². The van der Waals surface area contributed by atoms with Crippen molar-refractivity contribution in [3.63, 3.8) is 0 Å². The lowest BCUT2D eigenvalue weighted by Gasteiger charge is -2.19. The summed E-state index contributed by atoms with van der Waals surface area (Å²) in [6, 6.07) is 0. The number of hydrogen-bond donors (Lipinski definition) is 2. The molecule has 0 radical (unpaired) electrons. The third kappa shape index (κ3) is 30.9. The van der Waals surface area contributed by atoms with Crippen LogP contribution in [0.1, 0.15) is 218 Å². The predicted octanol–water partition coefficient (Wildman–Crippen LogP) is 14.1. The van der Waals surface area contributed by atoms with Crippen LogP contribution in [0.2, 0.25) is 0 Å². The molecule has 2 amide bonds. The standard InChI is InChI=1S/C49H79I3N2O11/c1-5-7-9-11-13-15-17-19-21-23-25-27-29-31-40(57)63-35-39(36-64-41(58)32-30-28-26-24-22-20-18-16-14-12-10-8-6-2)65-49(60)62-34-33-61-48(59)42-43(50)46(53-37(3)55)45(52)47(44(42)51)54-38(4)56/h39H,5-36H2,1-4H3,(H,53,55)(H,54,56). The van der Waals surface area contributed by atoms with Crippen LogP contribution in [0.4, 0.5) is 16.2 Å². The van der Waals surface area contributed by atoms with E-state index in [1.54, 1.807) is 0 Å². The zero-order valence-corrected chi connectivity index (χ0v) is 46.3. The summed E-state index contributed by atoms with van der Waals surface area (Å²) < 4.78 is 28.2. The second kappa shape index (κ2) is 40.0. The molecular formula is C49H79I3N2O11. The predicted molar refractivity (Wildman–Crippen MR) is 282 cm³/mol. The van der Waals surface area contributed by atoms with Crippen LogP contribution < -0.4 is 10.6 Å². The third-order valence-electron chi connectivity index (χ3n) is 10.8. The molecule has 65 heavy (non-hydrogen) atoms. The SMILES string of the molecule is CCCCCCCCCCCCCCCC(=O)OCC(COC(=O)CCCCCCCCCCCCCCC)OC(=O)OCCOC(=O)c1c(I)c(NC(C)=O)c(I)c(NC(C)=O)c1I. The molecule has 0 bridgehead atoms. The van der Waals surface area contributed by atoms with Gasteiger partial charge in [-0.15, -0.1) is 0 Å². The molecule has 1 aromatic rings. The summed E-state index contributed by atoms with van der Waals surface area (Å²) in [6.45, 7) is 5.79. The van der Waals surface area contributed by atoms with Crippen molar-refractivity contribution >= 4 is 115 Å². The molecule has 0 saturated carbocycles. The first-order valence-electron chi connectivity index (χ1n) is 24.4. The number of halogens is 3. The highest BCUT2D eigenvalue weighted by Gasteiger charge is 2.27. The number of nitrogens with one attached hydrogen (secondary N) is 2. The van der Waals surface area contributed by atoms with Gasteiger partial charge in [0.25, 0.3) is 0 Å². The van der Waals surface area contributed by atoms with Crippen molar-refractivity contribution in [2.75, 3.05) is 37.1 Å². The molecular weight excluding hydrogens is 1170 g/mol. The molecule has 1 rings (SSSR count). The number of esters is 3. The minimum atomic E-state index is -1.12. The van der Waals surface area contributed by atoms with Gasteiger partial charge >= 0.3 is 24.1 Å². The van der Waals surface area contributed by atoms with Crippen molar-refractivity contribution < 1.29 is 52.5 Å². The van der Waals surface area contributed by atoms with E-state index in [1.165, 1.54) is 129 Å². The van der Waals surface area contributed by atoms with E-state index in [1.807, 2.05) is 67.8 Å². The van der Waals surface area contributed by atoms with Crippen molar-refractivity contribution in [1.82, 2.24) is 0 Å². The molecule has 0 aliphatic rings. The monoisotopic (exact) mass is 1250 g/mol. The number of carbonyl (C=O) groups is 6. The van der Waals surface area contributed by atoms with Gasteiger partial charge in [0.1, 0.15) is 26.4 Å². The van der Waals surface area contributed by atoms with E-state index >= 15 is 0 Å². The molecule has 0 spiro atoms. The Morgan fingerprint density at radius 1 is 0.446 bits per heavy atom. The van der Waals surface area contributed by atoms with Crippen LogP contribution in [0.25, 0.3) is 0 Å².